The lowest BCUT2D eigenvalue weighted by Crippen LogP contribution is -2.09. The second-order valence-corrected chi connectivity index (χ2v) is 4.83. The molecule has 0 radical (unpaired) electrons. The largest absolute Gasteiger partial charge is 0.493 e. The van der Waals surface area contributed by atoms with E-state index >= 15 is 0 Å². The number of hydrogen-bond donors (Lipinski definition) is 0. The number of benzene rings is 1. The van der Waals surface area contributed by atoms with Crippen molar-refractivity contribution in [2.45, 2.75) is 6.92 Å². The Balaban J connectivity index is 2.47. The number of carbonyl (C=O) groups is 1. The maximum atomic E-state index is 12.4. The van der Waals surface area contributed by atoms with Gasteiger partial charge in [-0.05, 0) is 30.7 Å². The molecular weight excluding hydrogens is 296 g/mol. The molecule has 4 nitrogen and oxygen atoms in total. The number of hydrogen-bond acceptors (Lipinski definition) is 3. The fourth-order valence-corrected chi connectivity index (χ4v) is 1.99. The van der Waals surface area contributed by atoms with Crippen molar-refractivity contribution >= 4 is 21.7 Å². The minimum atomic E-state index is -0.0950. The van der Waals surface area contributed by atoms with Crippen LogP contribution in [0, 0.1) is 6.92 Å². The Labute approximate surface area is 114 Å². The minimum Gasteiger partial charge on any atom is -0.493 e. The van der Waals surface area contributed by atoms with Gasteiger partial charge in [0.2, 0.25) is 5.78 Å². The number of ketones is 1. The Morgan fingerprint density at radius 3 is 2.78 bits per heavy atom. The van der Waals surface area contributed by atoms with E-state index in [-0.39, 0.29) is 5.78 Å². The molecule has 0 spiro atoms. The topological polar surface area (TPSA) is 44.1 Å². The summed E-state index contributed by atoms with van der Waals surface area (Å²) in [6.07, 6.45) is 1.54. The smallest absolute Gasteiger partial charge is 0.214 e. The third kappa shape index (κ3) is 2.18. The molecule has 0 unspecified atom stereocenters. The van der Waals surface area contributed by atoms with Gasteiger partial charge in [0.05, 0.1) is 13.3 Å². The van der Waals surface area contributed by atoms with Crippen molar-refractivity contribution in [3.05, 3.63) is 45.7 Å². The van der Waals surface area contributed by atoms with Crippen LogP contribution in [-0.4, -0.2) is 22.7 Å². The normalized spacial score (nSPS) is 10.4. The second-order valence-electron chi connectivity index (χ2n) is 3.98. The molecule has 0 aliphatic rings. The number of methoxy groups -OCH3 is 1. The van der Waals surface area contributed by atoms with Gasteiger partial charge in [0, 0.05) is 17.1 Å². The van der Waals surface area contributed by atoms with Crippen molar-refractivity contribution < 1.29 is 9.53 Å². The highest BCUT2D eigenvalue weighted by Crippen LogP contribution is 2.23. The van der Waals surface area contributed by atoms with Crippen LogP contribution in [0.3, 0.4) is 0 Å². The number of carbonyl (C=O) groups excluding carboxylic acids is 1. The SMILES string of the molecule is COc1cnn(C)c1C(=O)c1ccc(Br)c(C)c1. The lowest BCUT2D eigenvalue weighted by Gasteiger charge is -2.06. The van der Waals surface area contributed by atoms with E-state index < -0.39 is 0 Å². The summed E-state index contributed by atoms with van der Waals surface area (Å²) in [5.74, 6) is 0.394. The van der Waals surface area contributed by atoms with E-state index in [1.807, 2.05) is 19.1 Å². The number of ether oxygens (including phenoxy) is 1. The Hall–Kier alpha value is -1.62. The second kappa shape index (κ2) is 4.94. The van der Waals surface area contributed by atoms with Crippen molar-refractivity contribution in [3.8, 4) is 5.75 Å². The minimum absolute atomic E-state index is 0.0950. The van der Waals surface area contributed by atoms with E-state index in [9.17, 15) is 4.79 Å². The van der Waals surface area contributed by atoms with Crippen LogP contribution in [0.25, 0.3) is 0 Å². The molecule has 1 heterocycles. The molecule has 18 heavy (non-hydrogen) atoms. The van der Waals surface area contributed by atoms with Gasteiger partial charge in [0.25, 0.3) is 0 Å². The molecule has 2 rings (SSSR count). The van der Waals surface area contributed by atoms with E-state index in [4.69, 9.17) is 4.74 Å². The zero-order valence-corrected chi connectivity index (χ0v) is 12.0. The highest BCUT2D eigenvalue weighted by atomic mass is 79.9. The Morgan fingerprint density at radius 2 is 2.17 bits per heavy atom. The zero-order valence-electron chi connectivity index (χ0n) is 10.4. The zero-order chi connectivity index (χ0) is 13.3. The summed E-state index contributed by atoms with van der Waals surface area (Å²) >= 11 is 3.42. The predicted molar refractivity (Wildman–Crippen MR) is 72.1 cm³/mol. The van der Waals surface area contributed by atoms with Gasteiger partial charge in [-0.25, -0.2) is 0 Å². The summed E-state index contributed by atoms with van der Waals surface area (Å²) in [4.78, 5) is 12.4. The van der Waals surface area contributed by atoms with Crippen molar-refractivity contribution in [2.24, 2.45) is 7.05 Å². The first-order valence-corrected chi connectivity index (χ1v) is 6.20. The van der Waals surface area contributed by atoms with Gasteiger partial charge >= 0.3 is 0 Å². The standard InChI is InChI=1S/C13H13BrN2O2/c1-8-6-9(4-5-10(8)14)13(17)12-11(18-3)7-15-16(12)2/h4-7H,1-3H3. The molecule has 1 aromatic heterocycles. The summed E-state index contributed by atoms with van der Waals surface area (Å²) in [6, 6.07) is 5.50. The van der Waals surface area contributed by atoms with Crippen molar-refractivity contribution in [3.63, 3.8) is 0 Å². The highest BCUT2D eigenvalue weighted by molar-refractivity contribution is 9.10. The third-order valence-corrected chi connectivity index (χ3v) is 3.65. The average molecular weight is 309 g/mol. The molecule has 0 saturated carbocycles. The predicted octanol–water partition coefficient (Wildman–Crippen LogP) is 2.73. The number of nitrogens with zero attached hydrogens (tertiary/aromatic N) is 2. The molecule has 94 valence electrons. The molecule has 5 heteroatoms. The molecule has 0 bridgehead atoms. The van der Waals surface area contributed by atoms with Crippen LogP contribution in [0.1, 0.15) is 21.6 Å². The van der Waals surface area contributed by atoms with Gasteiger partial charge in [0.1, 0.15) is 0 Å². The molecule has 0 saturated heterocycles. The van der Waals surface area contributed by atoms with Gasteiger partial charge in [-0.1, -0.05) is 15.9 Å². The van der Waals surface area contributed by atoms with Gasteiger partial charge in [0.15, 0.2) is 11.4 Å². The summed E-state index contributed by atoms with van der Waals surface area (Å²) in [5.41, 5.74) is 2.10. The lowest BCUT2D eigenvalue weighted by molar-refractivity contribution is 0.102. The van der Waals surface area contributed by atoms with E-state index in [0.29, 0.717) is 17.0 Å². The van der Waals surface area contributed by atoms with Gasteiger partial charge in [-0.3, -0.25) is 9.48 Å². The molecule has 1 aromatic carbocycles. The Kier molecular flexibility index (Phi) is 3.52. The molecule has 0 amide bonds. The quantitative estimate of drug-likeness (QED) is 0.819. The van der Waals surface area contributed by atoms with Crippen LogP contribution >= 0.6 is 15.9 Å². The number of halogens is 1. The van der Waals surface area contributed by atoms with Gasteiger partial charge in [-0.2, -0.15) is 5.10 Å². The maximum Gasteiger partial charge on any atom is 0.214 e. The average Bonchev–Trinajstić information content (AvgIpc) is 2.73. The summed E-state index contributed by atoms with van der Waals surface area (Å²) < 4.78 is 7.66. The molecule has 0 fully saturated rings. The van der Waals surface area contributed by atoms with E-state index in [0.717, 1.165) is 10.0 Å². The van der Waals surface area contributed by atoms with E-state index in [2.05, 4.69) is 21.0 Å². The molecule has 2 aromatic rings. The van der Waals surface area contributed by atoms with Crippen LogP contribution in [-0.2, 0) is 7.05 Å². The summed E-state index contributed by atoms with van der Waals surface area (Å²) in [6.45, 7) is 1.95. The van der Waals surface area contributed by atoms with E-state index in [1.165, 1.54) is 11.8 Å². The van der Waals surface area contributed by atoms with Crippen LogP contribution in [0.2, 0.25) is 0 Å². The summed E-state index contributed by atoms with van der Waals surface area (Å²) in [5, 5.41) is 4.04. The first-order valence-electron chi connectivity index (χ1n) is 5.41. The fourth-order valence-electron chi connectivity index (χ4n) is 1.75. The van der Waals surface area contributed by atoms with E-state index in [1.54, 1.807) is 19.3 Å². The first-order chi connectivity index (χ1) is 8.54. The molecule has 0 aliphatic carbocycles. The van der Waals surface area contributed by atoms with Gasteiger partial charge < -0.3 is 4.74 Å². The number of rotatable bonds is 3. The van der Waals surface area contributed by atoms with Crippen LogP contribution < -0.4 is 4.74 Å². The first kappa shape index (κ1) is 12.8. The monoisotopic (exact) mass is 308 g/mol. The highest BCUT2D eigenvalue weighted by Gasteiger charge is 2.19. The number of aromatic nitrogens is 2. The van der Waals surface area contributed by atoms with Gasteiger partial charge in [-0.15, -0.1) is 0 Å². The van der Waals surface area contributed by atoms with Crippen LogP contribution in [0.15, 0.2) is 28.9 Å². The molecular formula is C13H13BrN2O2. The summed E-state index contributed by atoms with van der Waals surface area (Å²) in [7, 11) is 3.25. The fraction of sp³-hybridized carbons (Fsp3) is 0.231. The number of aryl methyl sites for hydroxylation is 2. The maximum absolute atomic E-state index is 12.4. The third-order valence-electron chi connectivity index (χ3n) is 2.76. The Bertz CT molecular complexity index is 605. The lowest BCUT2D eigenvalue weighted by atomic mass is 10.1. The van der Waals surface area contributed by atoms with Crippen molar-refractivity contribution in [1.82, 2.24) is 9.78 Å². The van der Waals surface area contributed by atoms with Crippen molar-refractivity contribution in [1.29, 1.82) is 0 Å². The molecule has 0 N–H and O–H groups in total. The van der Waals surface area contributed by atoms with Crippen LogP contribution in [0.4, 0.5) is 0 Å². The Morgan fingerprint density at radius 1 is 1.44 bits per heavy atom. The van der Waals surface area contributed by atoms with Crippen molar-refractivity contribution in [2.75, 3.05) is 7.11 Å². The van der Waals surface area contributed by atoms with Crippen LogP contribution in [0.5, 0.6) is 5.75 Å². The molecule has 0 atom stereocenters. The molecule has 0 aliphatic heterocycles.